The molecule has 0 aromatic heterocycles. The maximum Gasteiger partial charge on any atom is 0.214 e. The SMILES string of the molecule is CC1CCC(O)(CNS(=O)(=O)C(C)C)CC1. The van der Waals surface area contributed by atoms with E-state index in [0.717, 1.165) is 12.8 Å². The predicted octanol–water partition coefficient (Wildman–Crippen LogP) is 1.26. The standard InChI is InChI=1S/C11H23NO3S/c1-9(2)16(14,15)12-8-11(13)6-4-10(3)5-7-11/h9-10,12-13H,4-8H2,1-3H3. The summed E-state index contributed by atoms with van der Waals surface area (Å²) in [6, 6.07) is 0. The summed E-state index contributed by atoms with van der Waals surface area (Å²) in [7, 11) is -3.26. The van der Waals surface area contributed by atoms with E-state index in [0.29, 0.717) is 18.8 Å². The fraction of sp³-hybridized carbons (Fsp3) is 1.00. The Morgan fingerprint density at radius 2 is 1.88 bits per heavy atom. The molecule has 1 rings (SSSR count). The maximum absolute atomic E-state index is 11.6. The number of nitrogens with one attached hydrogen (secondary N) is 1. The van der Waals surface area contributed by atoms with Crippen molar-refractivity contribution >= 4 is 10.0 Å². The third-order valence-corrected chi connectivity index (χ3v) is 5.22. The summed E-state index contributed by atoms with van der Waals surface area (Å²) >= 11 is 0. The summed E-state index contributed by atoms with van der Waals surface area (Å²) in [4.78, 5) is 0. The van der Waals surface area contributed by atoms with Crippen molar-refractivity contribution in [2.24, 2.45) is 5.92 Å². The third-order valence-electron chi connectivity index (χ3n) is 3.43. The van der Waals surface area contributed by atoms with Crippen LogP contribution in [0.5, 0.6) is 0 Å². The monoisotopic (exact) mass is 249 g/mol. The first kappa shape index (κ1) is 13.9. The molecular weight excluding hydrogens is 226 g/mol. The minimum absolute atomic E-state index is 0.153. The Labute approximate surface area is 98.5 Å². The quantitative estimate of drug-likeness (QED) is 0.788. The molecule has 0 aliphatic heterocycles. The van der Waals surface area contributed by atoms with E-state index >= 15 is 0 Å². The minimum Gasteiger partial charge on any atom is -0.389 e. The van der Waals surface area contributed by atoms with Crippen LogP contribution >= 0.6 is 0 Å². The molecule has 16 heavy (non-hydrogen) atoms. The second kappa shape index (κ2) is 5.02. The van der Waals surface area contributed by atoms with Crippen molar-refractivity contribution in [1.82, 2.24) is 4.72 Å². The fourth-order valence-electron chi connectivity index (χ4n) is 1.88. The van der Waals surface area contributed by atoms with Gasteiger partial charge in [-0.05, 0) is 45.4 Å². The molecule has 0 aromatic carbocycles. The molecule has 0 bridgehead atoms. The van der Waals surface area contributed by atoms with Gasteiger partial charge in [-0.2, -0.15) is 0 Å². The van der Waals surface area contributed by atoms with Crippen molar-refractivity contribution in [2.75, 3.05) is 6.54 Å². The molecule has 0 spiro atoms. The highest BCUT2D eigenvalue weighted by molar-refractivity contribution is 7.90. The van der Waals surface area contributed by atoms with Gasteiger partial charge in [-0.1, -0.05) is 6.92 Å². The smallest absolute Gasteiger partial charge is 0.214 e. The lowest BCUT2D eigenvalue weighted by Crippen LogP contribution is -2.46. The first-order valence-corrected chi connectivity index (χ1v) is 7.51. The zero-order chi connectivity index (χ0) is 12.4. The van der Waals surface area contributed by atoms with Crippen LogP contribution in [-0.4, -0.2) is 30.9 Å². The van der Waals surface area contributed by atoms with Crippen LogP contribution in [-0.2, 0) is 10.0 Å². The molecule has 2 N–H and O–H groups in total. The van der Waals surface area contributed by atoms with Crippen LogP contribution in [0, 0.1) is 5.92 Å². The zero-order valence-electron chi connectivity index (χ0n) is 10.4. The second-order valence-corrected chi connectivity index (χ2v) is 7.64. The normalized spacial score (nSPS) is 31.9. The van der Waals surface area contributed by atoms with E-state index in [1.807, 2.05) is 0 Å². The average Bonchev–Trinajstić information content (AvgIpc) is 2.20. The summed E-state index contributed by atoms with van der Waals surface area (Å²) in [5, 5.41) is 9.76. The molecule has 0 saturated heterocycles. The number of hydrogen-bond donors (Lipinski definition) is 2. The summed E-state index contributed by atoms with van der Waals surface area (Å²) in [6.07, 6.45) is 3.32. The van der Waals surface area contributed by atoms with Crippen molar-refractivity contribution < 1.29 is 13.5 Å². The molecule has 0 atom stereocenters. The van der Waals surface area contributed by atoms with Crippen molar-refractivity contribution in [3.63, 3.8) is 0 Å². The van der Waals surface area contributed by atoms with E-state index in [1.165, 1.54) is 0 Å². The number of rotatable bonds is 4. The van der Waals surface area contributed by atoms with Gasteiger partial charge < -0.3 is 5.11 Å². The highest BCUT2D eigenvalue weighted by atomic mass is 32.2. The lowest BCUT2D eigenvalue weighted by atomic mass is 9.80. The lowest BCUT2D eigenvalue weighted by molar-refractivity contribution is -0.00185. The van der Waals surface area contributed by atoms with Gasteiger partial charge in [0.1, 0.15) is 0 Å². The molecule has 1 saturated carbocycles. The van der Waals surface area contributed by atoms with Gasteiger partial charge in [0.05, 0.1) is 10.9 Å². The third kappa shape index (κ3) is 3.71. The van der Waals surface area contributed by atoms with Crippen molar-refractivity contribution in [3.8, 4) is 0 Å². The molecule has 5 heteroatoms. The first-order chi connectivity index (χ1) is 7.25. The summed E-state index contributed by atoms with van der Waals surface area (Å²) in [6.45, 7) is 5.59. The molecule has 4 nitrogen and oxygen atoms in total. The van der Waals surface area contributed by atoms with Gasteiger partial charge >= 0.3 is 0 Å². The molecule has 0 heterocycles. The second-order valence-electron chi connectivity index (χ2n) is 5.32. The minimum atomic E-state index is -3.26. The van der Waals surface area contributed by atoms with E-state index in [4.69, 9.17) is 0 Å². The molecular formula is C11H23NO3S. The summed E-state index contributed by atoms with van der Waals surface area (Å²) in [5.41, 5.74) is -0.839. The van der Waals surface area contributed by atoms with Gasteiger partial charge in [0.2, 0.25) is 10.0 Å². The Morgan fingerprint density at radius 3 is 2.31 bits per heavy atom. The molecule has 96 valence electrons. The van der Waals surface area contributed by atoms with Crippen LogP contribution < -0.4 is 4.72 Å². The molecule has 1 aliphatic carbocycles. The number of sulfonamides is 1. The highest BCUT2D eigenvalue weighted by Gasteiger charge is 2.33. The Hall–Kier alpha value is -0.130. The van der Waals surface area contributed by atoms with Gasteiger partial charge in [-0.15, -0.1) is 0 Å². The van der Waals surface area contributed by atoms with Crippen molar-refractivity contribution in [2.45, 2.75) is 57.3 Å². The largest absolute Gasteiger partial charge is 0.389 e. The Morgan fingerprint density at radius 1 is 1.38 bits per heavy atom. The van der Waals surface area contributed by atoms with Gasteiger partial charge in [-0.25, -0.2) is 13.1 Å². The van der Waals surface area contributed by atoms with E-state index in [1.54, 1.807) is 13.8 Å². The van der Waals surface area contributed by atoms with E-state index < -0.39 is 20.9 Å². The highest BCUT2D eigenvalue weighted by Crippen LogP contribution is 2.31. The average molecular weight is 249 g/mol. The van der Waals surface area contributed by atoms with Crippen LogP contribution in [0.4, 0.5) is 0 Å². The van der Waals surface area contributed by atoms with Crippen LogP contribution in [0.15, 0.2) is 0 Å². The lowest BCUT2D eigenvalue weighted by Gasteiger charge is -2.35. The van der Waals surface area contributed by atoms with Gasteiger partial charge in [0, 0.05) is 6.54 Å². The molecule has 1 fully saturated rings. The predicted molar refractivity (Wildman–Crippen MR) is 64.6 cm³/mol. The van der Waals surface area contributed by atoms with Gasteiger partial charge in [-0.3, -0.25) is 0 Å². The van der Waals surface area contributed by atoms with Crippen LogP contribution in [0.25, 0.3) is 0 Å². The van der Waals surface area contributed by atoms with Crippen molar-refractivity contribution in [1.29, 1.82) is 0 Å². The Bertz CT molecular complexity index is 316. The fourth-order valence-corrected chi connectivity index (χ4v) is 2.68. The Kier molecular flexibility index (Phi) is 4.37. The van der Waals surface area contributed by atoms with Gasteiger partial charge in [0.25, 0.3) is 0 Å². The molecule has 0 radical (unpaired) electrons. The van der Waals surface area contributed by atoms with Crippen LogP contribution in [0.1, 0.15) is 46.5 Å². The topological polar surface area (TPSA) is 66.4 Å². The first-order valence-electron chi connectivity index (χ1n) is 5.96. The number of aliphatic hydroxyl groups is 1. The van der Waals surface area contributed by atoms with Crippen molar-refractivity contribution in [3.05, 3.63) is 0 Å². The zero-order valence-corrected chi connectivity index (χ0v) is 11.2. The molecule has 0 aromatic rings. The van der Waals surface area contributed by atoms with E-state index in [9.17, 15) is 13.5 Å². The molecule has 0 amide bonds. The summed E-state index contributed by atoms with van der Waals surface area (Å²) < 4.78 is 25.6. The van der Waals surface area contributed by atoms with E-state index in [2.05, 4.69) is 11.6 Å². The van der Waals surface area contributed by atoms with Crippen LogP contribution in [0.3, 0.4) is 0 Å². The van der Waals surface area contributed by atoms with E-state index in [-0.39, 0.29) is 6.54 Å². The molecule has 0 unspecified atom stereocenters. The van der Waals surface area contributed by atoms with Crippen LogP contribution in [0.2, 0.25) is 0 Å². The maximum atomic E-state index is 11.6. The summed E-state index contributed by atoms with van der Waals surface area (Å²) in [5.74, 6) is 0.641. The number of hydrogen-bond acceptors (Lipinski definition) is 3. The van der Waals surface area contributed by atoms with Gasteiger partial charge in [0.15, 0.2) is 0 Å². The molecule has 1 aliphatic rings. The Balaban J connectivity index is 2.49.